The summed E-state index contributed by atoms with van der Waals surface area (Å²) in [7, 11) is -3.53. The molecule has 0 aliphatic heterocycles. The van der Waals surface area contributed by atoms with Gasteiger partial charge < -0.3 is 16.2 Å². The fourth-order valence-corrected chi connectivity index (χ4v) is 6.19. The lowest BCUT2D eigenvalue weighted by molar-refractivity contribution is -0.137. The minimum absolute atomic E-state index is 0.0756. The van der Waals surface area contributed by atoms with Crippen molar-refractivity contribution in [2.45, 2.75) is 48.8 Å². The minimum atomic E-state index is -4.54. The van der Waals surface area contributed by atoms with Crippen molar-refractivity contribution in [2.75, 3.05) is 12.3 Å². The van der Waals surface area contributed by atoms with Gasteiger partial charge in [0.1, 0.15) is 0 Å². The predicted molar refractivity (Wildman–Crippen MR) is 127 cm³/mol. The Labute approximate surface area is 203 Å². The number of aliphatic carboxylic acids is 1. The molecule has 3 unspecified atom stereocenters. The van der Waals surface area contributed by atoms with E-state index in [4.69, 9.17) is 5.73 Å². The first kappa shape index (κ1) is 26.9. The lowest BCUT2D eigenvalue weighted by Crippen LogP contribution is -2.47. The maximum atomic E-state index is 13.1. The number of carboxylic acids is 1. The molecule has 35 heavy (non-hydrogen) atoms. The standard InChI is InChI=1S/C25H29F3N2O4S/c26-25(27,28)20-6-4-5-17(13-20)18(15-24(31)32)11-12-30-23-10-9-21(29)14-19(23)16-35(33,34)22-7-2-1-3-8-22/h1-8,13,15,19,21,23,30H,9-12,14,16,29H2,(H,31,32)/b18-15-. The van der Waals surface area contributed by atoms with Gasteiger partial charge in [-0.2, -0.15) is 13.2 Å². The first-order valence-electron chi connectivity index (χ1n) is 11.3. The quantitative estimate of drug-likeness (QED) is 0.438. The molecular formula is C25H29F3N2O4S. The highest BCUT2D eigenvalue weighted by atomic mass is 32.2. The van der Waals surface area contributed by atoms with Crippen molar-refractivity contribution in [3.63, 3.8) is 0 Å². The van der Waals surface area contributed by atoms with Gasteiger partial charge in [0, 0.05) is 18.2 Å². The number of carboxylic acid groups (broad SMARTS) is 1. The van der Waals surface area contributed by atoms with Crippen molar-refractivity contribution in [3.05, 3.63) is 71.8 Å². The zero-order valence-electron chi connectivity index (χ0n) is 19.0. The Morgan fingerprint density at radius 3 is 2.49 bits per heavy atom. The normalized spacial score (nSPS) is 21.6. The Morgan fingerprint density at radius 2 is 1.83 bits per heavy atom. The van der Waals surface area contributed by atoms with Crippen LogP contribution in [-0.2, 0) is 20.8 Å². The molecule has 1 aliphatic rings. The zero-order chi connectivity index (χ0) is 25.6. The molecule has 0 aromatic heterocycles. The molecule has 3 atom stereocenters. The average Bonchev–Trinajstić information content (AvgIpc) is 2.79. The number of benzene rings is 2. The van der Waals surface area contributed by atoms with Gasteiger partial charge >= 0.3 is 12.1 Å². The summed E-state index contributed by atoms with van der Waals surface area (Å²) in [5.74, 6) is -1.58. The first-order valence-corrected chi connectivity index (χ1v) is 13.0. The van der Waals surface area contributed by atoms with E-state index in [1.165, 1.54) is 12.1 Å². The van der Waals surface area contributed by atoms with Crippen LogP contribution in [0, 0.1) is 5.92 Å². The number of hydrogen-bond donors (Lipinski definition) is 3. The number of nitrogens with one attached hydrogen (secondary N) is 1. The van der Waals surface area contributed by atoms with E-state index in [1.807, 2.05) is 0 Å². The number of sulfone groups is 1. The molecule has 10 heteroatoms. The van der Waals surface area contributed by atoms with Crippen molar-refractivity contribution >= 4 is 21.4 Å². The number of carbonyl (C=O) groups is 1. The van der Waals surface area contributed by atoms with Crippen molar-refractivity contribution in [1.29, 1.82) is 0 Å². The molecule has 0 saturated heterocycles. The van der Waals surface area contributed by atoms with Crippen LogP contribution in [-0.4, -0.2) is 43.9 Å². The predicted octanol–water partition coefficient (Wildman–Crippen LogP) is 4.12. The second kappa shape index (κ2) is 11.4. The van der Waals surface area contributed by atoms with Gasteiger partial charge in [-0.15, -0.1) is 0 Å². The number of alkyl halides is 3. The van der Waals surface area contributed by atoms with Gasteiger partial charge in [0.2, 0.25) is 0 Å². The zero-order valence-corrected chi connectivity index (χ0v) is 19.9. The largest absolute Gasteiger partial charge is 0.478 e. The molecule has 3 rings (SSSR count). The summed E-state index contributed by atoms with van der Waals surface area (Å²) in [5, 5.41) is 12.5. The highest BCUT2D eigenvalue weighted by molar-refractivity contribution is 7.91. The fourth-order valence-electron chi connectivity index (χ4n) is 4.50. The first-order chi connectivity index (χ1) is 16.5. The summed E-state index contributed by atoms with van der Waals surface area (Å²) in [6.45, 7) is 0.275. The van der Waals surface area contributed by atoms with Crippen molar-refractivity contribution < 1.29 is 31.5 Å². The highest BCUT2D eigenvalue weighted by Gasteiger charge is 2.33. The summed E-state index contributed by atoms with van der Waals surface area (Å²) in [4.78, 5) is 11.6. The van der Waals surface area contributed by atoms with Gasteiger partial charge in [-0.05, 0) is 73.5 Å². The van der Waals surface area contributed by atoms with Crippen LogP contribution in [0.2, 0.25) is 0 Å². The average molecular weight is 511 g/mol. The third-order valence-corrected chi connectivity index (χ3v) is 8.08. The van der Waals surface area contributed by atoms with Crippen molar-refractivity contribution in [1.82, 2.24) is 5.32 Å². The highest BCUT2D eigenvalue weighted by Crippen LogP contribution is 2.32. The molecule has 0 spiro atoms. The van der Waals surface area contributed by atoms with Crippen LogP contribution < -0.4 is 11.1 Å². The Balaban J connectivity index is 1.71. The van der Waals surface area contributed by atoms with Crippen LogP contribution in [0.25, 0.3) is 5.57 Å². The molecule has 0 amide bonds. The van der Waals surface area contributed by atoms with Crippen LogP contribution in [0.1, 0.15) is 36.8 Å². The van der Waals surface area contributed by atoms with E-state index in [0.717, 1.165) is 18.2 Å². The molecule has 4 N–H and O–H groups in total. The molecule has 1 aliphatic carbocycles. The topological polar surface area (TPSA) is 109 Å². The van der Waals surface area contributed by atoms with E-state index in [-0.39, 0.29) is 52.8 Å². The van der Waals surface area contributed by atoms with Gasteiger partial charge in [-0.3, -0.25) is 0 Å². The Morgan fingerprint density at radius 1 is 1.11 bits per heavy atom. The molecule has 0 radical (unpaired) electrons. The van der Waals surface area contributed by atoms with Crippen molar-refractivity contribution in [2.24, 2.45) is 11.7 Å². The summed E-state index contributed by atoms with van der Waals surface area (Å²) in [6, 6.07) is 12.5. The summed E-state index contributed by atoms with van der Waals surface area (Å²) >= 11 is 0. The molecule has 6 nitrogen and oxygen atoms in total. The number of hydrogen-bond acceptors (Lipinski definition) is 5. The lowest BCUT2D eigenvalue weighted by Gasteiger charge is -2.35. The lowest BCUT2D eigenvalue weighted by atomic mass is 9.83. The molecule has 2 aromatic carbocycles. The van der Waals surface area contributed by atoms with E-state index in [0.29, 0.717) is 19.3 Å². The summed E-state index contributed by atoms with van der Waals surface area (Å²) < 4.78 is 65.2. The molecule has 0 heterocycles. The van der Waals surface area contributed by atoms with E-state index in [2.05, 4.69) is 5.32 Å². The SMILES string of the molecule is NC1CCC(NCC/C(=C/C(=O)O)c2cccc(C(F)(F)F)c2)C(CS(=O)(=O)c2ccccc2)C1. The van der Waals surface area contributed by atoms with E-state index >= 15 is 0 Å². The van der Waals surface area contributed by atoms with E-state index in [9.17, 15) is 31.5 Å². The Kier molecular flexibility index (Phi) is 8.74. The molecule has 0 bridgehead atoms. The minimum Gasteiger partial charge on any atom is -0.478 e. The van der Waals surface area contributed by atoms with E-state index in [1.54, 1.807) is 30.3 Å². The maximum Gasteiger partial charge on any atom is 0.416 e. The summed E-state index contributed by atoms with van der Waals surface area (Å²) in [5.41, 5.74) is 5.68. The fraction of sp³-hybridized carbons (Fsp3) is 0.400. The monoisotopic (exact) mass is 510 g/mol. The smallest absolute Gasteiger partial charge is 0.416 e. The second-order valence-corrected chi connectivity index (χ2v) is 10.9. The van der Waals surface area contributed by atoms with Crippen LogP contribution in [0.3, 0.4) is 0 Å². The second-order valence-electron chi connectivity index (χ2n) is 8.82. The van der Waals surface area contributed by atoms with Gasteiger partial charge in [-0.25, -0.2) is 13.2 Å². The molecule has 2 aromatic rings. The van der Waals surface area contributed by atoms with Crippen LogP contribution in [0.5, 0.6) is 0 Å². The van der Waals surface area contributed by atoms with Gasteiger partial charge in [0.05, 0.1) is 16.2 Å². The molecule has 190 valence electrons. The molecular weight excluding hydrogens is 481 g/mol. The van der Waals surface area contributed by atoms with Gasteiger partial charge in [0.25, 0.3) is 0 Å². The van der Waals surface area contributed by atoms with Crippen LogP contribution in [0.15, 0.2) is 65.6 Å². The maximum absolute atomic E-state index is 13.1. The Hall–Kier alpha value is -2.69. The van der Waals surface area contributed by atoms with E-state index < -0.39 is 27.5 Å². The third-order valence-electron chi connectivity index (χ3n) is 6.22. The third kappa shape index (κ3) is 7.65. The number of halogens is 3. The number of rotatable bonds is 9. The van der Waals surface area contributed by atoms with Gasteiger partial charge in [0.15, 0.2) is 9.84 Å². The van der Waals surface area contributed by atoms with Crippen molar-refractivity contribution in [3.8, 4) is 0 Å². The Bertz CT molecular complexity index is 1150. The van der Waals surface area contributed by atoms with Gasteiger partial charge in [-0.1, -0.05) is 30.3 Å². The van der Waals surface area contributed by atoms with Crippen LogP contribution >= 0.6 is 0 Å². The number of nitrogens with two attached hydrogens (primary N) is 1. The summed E-state index contributed by atoms with van der Waals surface area (Å²) in [6.07, 6.45) is -1.58. The van der Waals surface area contributed by atoms with Crippen LogP contribution in [0.4, 0.5) is 13.2 Å². The molecule has 1 fully saturated rings. The molecule has 1 saturated carbocycles.